The molecule has 0 atom stereocenters. The predicted molar refractivity (Wildman–Crippen MR) is 159 cm³/mol. The van der Waals surface area contributed by atoms with Gasteiger partial charge in [0.1, 0.15) is 0 Å². The van der Waals surface area contributed by atoms with Crippen molar-refractivity contribution in [3.8, 4) is 0 Å². The fourth-order valence-corrected chi connectivity index (χ4v) is 14.1. The minimum Gasteiger partial charge on any atom is -1.00 e. The van der Waals surface area contributed by atoms with Gasteiger partial charge in [-0.3, -0.25) is 0 Å². The summed E-state index contributed by atoms with van der Waals surface area (Å²) in [7, 11) is 0.385. The number of hydrogen-bond acceptors (Lipinski definition) is 3. The molecule has 226 valence electrons. The molecule has 0 bridgehead atoms. The quantitative estimate of drug-likeness (QED) is 0.304. The first-order chi connectivity index (χ1) is 17.5. The second kappa shape index (κ2) is 21.0. The van der Waals surface area contributed by atoms with Crippen LogP contribution in [0, 0.1) is 0 Å². The Morgan fingerprint density at radius 3 is 1.37 bits per heavy atom. The summed E-state index contributed by atoms with van der Waals surface area (Å²) in [5.41, 5.74) is 3.57. The van der Waals surface area contributed by atoms with Crippen LogP contribution in [-0.2, 0) is 21.0 Å². The van der Waals surface area contributed by atoms with Gasteiger partial charge in [0.2, 0.25) is 0 Å². The van der Waals surface area contributed by atoms with Gasteiger partial charge in [-0.2, -0.15) is 0 Å². The maximum atomic E-state index is 5.43. The summed E-state index contributed by atoms with van der Waals surface area (Å²) in [6.45, 7) is 14.4. The Morgan fingerprint density at radius 2 is 1.05 bits per heavy atom. The summed E-state index contributed by atoms with van der Waals surface area (Å²) >= 11 is 0.0619. The maximum absolute atomic E-state index is 5.43. The Labute approximate surface area is 257 Å². The molecule has 0 N–H and O–H groups in total. The van der Waals surface area contributed by atoms with E-state index in [1.807, 2.05) is 11.7 Å². The topological polar surface area (TPSA) is 15.7 Å². The summed E-state index contributed by atoms with van der Waals surface area (Å²) in [4.78, 5) is 7.15. The summed E-state index contributed by atoms with van der Waals surface area (Å²) in [5.74, 6) is 0. The Kier molecular flexibility index (Phi) is 20.6. The molecule has 7 heteroatoms. The van der Waals surface area contributed by atoms with Crippen molar-refractivity contribution in [3.63, 3.8) is 0 Å². The molecule has 3 aliphatic carbocycles. The van der Waals surface area contributed by atoms with Crippen molar-refractivity contribution < 1.29 is 45.8 Å². The minimum absolute atomic E-state index is 0. The first-order valence-corrected chi connectivity index (χ1v) is 19.2. The number of hydrogen-bond donors (Lipinski definition) is 0. The Bertz CT molecular complexity index is 610. The van der Waals surface area contributed by atoms with Gasteiger partial charge in [0.15, 0.2) is 0 Å². The van der Waals surface area contributed by atoms with E-state index >= 15 is 0 Å². The average Bonchev–Trinajstić information content (AvgIpc) is 2.91. The van der Waals surface area contributed by atoms with E-state index in [2.05, 4.69) is 37.5 Å². The van der Waals surface area contributed by atoms with Crippen LogP contribution < -0.4 is 24.8 Å². The van der Waals surface area contributed by atoms with Crippen LogP contribution in [0.5, 0.6) is 0 Å². The van der Waals surface area contributed by atoms with Crippen molar-refractivity contribution >= 4 is 17.1 Å². The Balaban J connectivity index is 0.000000364. The standard InChI is InChI=1S/C18H33P.C10H20N2.C3H6O.2ClH.Ru/c1-4-10-16(11-5-1)19(17-12-6-2-7-13-17)18-14-8-3-9-15-18;1-9(2)11-6-5-7-12(8-11)10(3)4;1-3-4-2;;;/h16-18H,1-15H2;9-10H,5-7H2,1-4H3;2H,3H2,1H3;2*1H;/q;;;;;+2/p-2. The number of nitrogens with zero attached hydrogens (tertiary/aromatic N) is 2. The number of ether oxygens (including phenoxy) is 1. The van der Waals surface area contributed by atoms with Crippen molar-refractivity contribution in [1.82, 2.24) is 9.80 Å². The SMILES string of the molecule is C1CCC(P(C2CCCCC2)C2CCCCC2)CC1.CCO[CH]=[Ru+2]=[C]1N(C(C)C)CCCN1C(C)C.[Cl-].[Cl-]. The van der Waals surface area contributed by atoms with Crippen LogP contribution in [0.3, 0.4) is 0 Å². The summed E-state index contributed by atoms with van der Waals surface area (Å²) in [5, 5.41) is 0. The molecule has 1 saturated heterocycles. The predicted octanol–water partition coefficient (Wildman–Crippen LogP) is 2.25. The van der Waals surface area contributed by atoms with Crippen LogP contribution in [0.2, 0.25) is 0 Å². The number of rotatable bonds is 7. The molecule has 0 aromatic heterocycles. The van der Waals surface area contributed by atoms with Crippen molar-refractivity contribution in [2.45, 2.75) is 166 Å². The third-order valence-electron chi connectivity index (χ3n) is 8.85. The average molecular weight is 679 g/mol. The van der Waals surface area contributed by atoms with Gasteiger partial charge in [-0.1, -0.05) is 65.7 Å². The van der Waals surface area contributed by atoms with E-state index in [1.165, 1.54) is 60.1 Å². The molecule has 0 aromatic carbocycles. The molecule has 4 fully saturated rings. The zero-order chi connectivity index (χ0) is 25.8. The van der Waals surface area contributed by atoms with Gasteiger partial charge in [-0.05, 0) is 55.5 Å². The van der Waals surface area contributed by atoms with Gasteiger partial charge >= 0.3 is 113 Å². The molecule has 0 spiro atoms. The zero-order valence-electron chi connectivity index (χ0n) is 25.3. The van der Waals surface area contributed by atoms with Crippen LogP contribution in [-0.4, -0.2) is 67.7 Å². The fraction of sp³-hybridized carbons (Fsp3) is 0.935. The molecule has 0 aromatic rings. The van der Waals surface area contributed by atoms with E-state index in [0.29, 0.717) is 20.0 Å². The van der Waals surface area contributed by atoms with Gasteiger partial charge in [0.25, 0.3) is 0 Å². The first-order valence-electron chi connectivity index (χ1n) is 15.7. The summed E-state index contributed by atoms with van der Waals surface area (Å²) < 4.78 is 6.95. The molecular formula is C31H59Cl2N2OPRu. The van der Waals surface area contributed by atoms with E-state index < -0.39 is 0 Å². The van der Waals surface area contributed by atoms with Crippen LogP contribution in [0.1, 0.15) is 137 Å². The normalized spacial score (nSPS) is 23.0. The molecule has 1 aliphatic heterocycles. The minimum atomic E-state index is 0. The van der Waals surface area contributed by atoms with Gasteiger partial charge in [0, 0.05) is 0 Å². The molecule has 3 nitrogen and oxygen atoms in total. The van der Waals surface area contributed by atoms with E-state index in [0.717, 1.165) is 6.61 Å². The van der Waals surface area contributed by atoms with Crippen molar-refractivity contribution in [2.24, 2.45) is 0 Å². The molecule has 4 rings (SSSR count). The maximum Gasteiger partial charge on any atom is -1.00 e. The van der Waals surface area contributed by atoms with E-state index in [1.54, 1.807) is 77.0 Å². The second-order valence-electron chi connectivity index (χ2n) is 12.1. The first kappa shape index (κ1) is 37.3. The van der Waals surface area contributed by atoms with Crippen molar-refractivity contribution in [1.29, 1.82) is 0 Å². The monoisotopic (exact) mass is 678 g/mol. The third kappa shape index (κ3) is 11.9. The molecule has 0 unspecified atom stereocenters. The number of halogens is 2. The molecule has 3 saturated carbocycles. The van der Waals surface area contributed by atoms with E-state index in [9.17, 15) is 0 Å². The molecule has 4 aliphatic rings. The van der Waals surface area contributed by atoms with Crippen molar-refractivity contribution in [2.75, 3.05) is 19.7 Å². The zero-order valence-corrected chi connectivity index (χ0v) is 29.4. The smallest absolute Gasteiger partial charge is 1.00 e. The van der Waals surface area contributed by atoms with Gasteiger partial charge < -0.3 is 24.8 Å². The molecule has 38 heavy (non-hydrogen) atoms. The van der Waals surface area contributed by atoms with Crippen molar-refractivity contribution in [3.05, 3.63) is 0 Å². The van der Waals surface area contributed by atoms with Gasteiger partial charge in [-0.15, -0.1) is 0 Å². The fourth-order valence-electron chi connectivity index (χ4n) is 6.96. The van der Waals surface area contributed by atoms with Crippen LogP contribution >= 0.6 is 7.92 Å². The third-order valence-corrected chi connectivity index (χ3v) is 14.9. The summed E-state index contributed by atoms with van der Waals surface area (Å²) in [6, 6.07) is 1.19. The van der Waals surface area contributed by atoms with Gasteiger partial charge in [-0.25, -0.2) is 0 Å². The molecule has 1 heterocycles. The van der Waals surface area contributed by atoms with Gasteiger partial charge in [0.05, 0.1) is 0 Å². The van der Waals surface area contributed by atoms with E-state index in [4.69, 9.17) is 4.74 Å². The molecular weight excluding hydrogens is 619 g/mol. The Hall–Kier alpha value is 1.25. The largest absolute Gasteiger partial charge is 1.00 e. The van der Waals surface area contributed by atoms with E-state index in [-0.39, 0.29) is 41.0 Å². The van der Waals surface area contributed by atoms with Crippen LogP contribution in [0.4, 0.5) is 0 Å². The van der Waals surface area contributed by atoms with Crippen LogP contribution in [0.25, 0.3) is 0 Å². The summed E-state index contributed by atoms with van der Waals surface area (Å²) in [6.07, 6.45) is 24.9. The van der Waals surface area contributed by atoms with Crippen LogP contribution in [0.15, 0.2) is 0 Å². The molecule has 0 radical (unpaired) electrons. The molecule has 0 amide bonds. The second-order valence-corrected chi connectivity index (χ2v) is 16.9. The Morgan fingerprint density at radius 1 is 0.684 bits per heavy atom.